The van der Waals surface area contributed by atoms with Crippen molar-refractivity contribution in [3.63, 3.8) is 0 Å². The number of pyridine rings is 1. The van der Waals surface area contributed by atoms with E-state index in [2.05, 4.69) is 10.3 Å². The lowest BCUT2D eigenvalue weighted by Gasteiger charge is -2.35. The second-order valence-electron chi connectivity index (χ2n) is 7.06. The van der Waals surface area contributed by atoms with Crippen molar-refractivity contribution >= 4 is 22.7 Å². The van der Waals surface area contributed by atoms with Gasteiger partial charge in [-0.05, 0) is 49.7 Å². The summed E-state index contributed by atoms with van der Waals surface area (Å²) in [6, 6.07) is 12.6. The van der Waals surface area contributed by atoms with Gasteiger partial charge in [0.1, 0.15) is 11.9 Å². The zero-order valence-electron chi connectivity index (χ0n) is 15.7. The van der Waals surface area contributed by atoms with Gasteiger partial charge in [0.15, 0.2) is 0 Å². The number of aryl methyl sites for hydroxylation is 2. The van der Waals surface area contributed by atoms with E-state index in [1.165, 1.54) is 17.0 Å². The molecule has 5 nitrogen and oxygen atoms in total. The summed E-state index contributed by atoms with van der Waals surface area (Å²) in [6.45, 7) is 4.47. The number of aromatic nitrogens is 1. The molecule has 1 aliphatic heterocycles. The molecule has 1 fully saturated rings. The quantitative estimate of drug-likeness (QED) is 0.745. The van der Waals surface area contributed by atoms with Crippen LogP contribution in [0.5, 0.6) is 0 Å². The monoisotopic (exact) mass is 377 g/mol. The number of piperazine rings is 1. The van der Waals surface area contributed by atoms with Gasteiger partial charge >= 0.3 is 0 Å². The molecule has 2 aromatic carbocycles. The van der Waals surface area contributed by atoms with Crippen molar-refractivity contribution < 1.29 is 14.0 Å². The van der Waals surface area contributed by atoms with Gasteiger partial charge in [0, 0.05) is 18.5 Å². The first kappa shape index (κ1) is 18.1. The molecule has 1 aliphatic rings. The topological polar surface area (TPSA) is 62.3 Å². The fourth-order valence-electron chi connectivity index (χ4n) is 3.66. The SMILES string of the molecule is Cc1ccc2nc(C)c(C(=O)N3CCNC(=O)[C@H]3c3cccc(F)c3)cc2c1. The maximum absolute atomic E-state index is 13.7. The predicted molar refractivity (Wildman–Crippen MR) is 104 cm³/mol. The van der Waals surface area contributed by atoms with Crippen molar-refractivity contribution in [2.24, 2.45) is 0 Å². The number of hydrogen-bond acceptors (Lipinski definition) is 3. The zero-order chi connectivity index (χ0) is 19.8. The highest BCUT2D eigenvalue weighted by atomic mass is 19.1. The molecule has 0 unspecified atom stereocenters. The van der Waals surface area contributed by atoms with E-state index in [4.69, 9.17) is 0 Å². The van der Waals surface area contributed by atoms with Crippen molar-refractivity contribution in [2.75, 3.05) is 13.1 Å². The molecule has 3 aromatic rings. The van der Waals surface area contributed by atoms with Gasteiger partial charge in [-0.3, -0.25) is 14.6 Å². The third-order valence-corrected chi connectivity index (χ3v) is 5.03. The Kier molecular flexibility index (Phi) is 4.55. The molecule has 2 heterocycles. The van der Waals surface area contributed by atoms with Crippen LogP contribution in [0, 0.1) is 19.7 Å². The van der Waals surface area contributed by atoms with Crippen molar-refractivity contribution in [3.8, 4) is 0 Å². The molecule has 28 heavy (non-hydrogen) atoms. The van der Waals surface area contributed by atoms with E-state index < -0.39 is 11.9 Å². The molecule has 0 aliphatic carbocycles. The molecular weight excluding hydrogens is 357 g/mol. The Balaban J connectivity index is 1.77. The molecule has 142 valence electrons. The first-order valence-corrected chi connectivity index (χ1v) is 9.16. The van der Waals surface area contributed by atoms with Crippen molar-refractivity contribution in [2.45, 2.75) is 19.9 Å². The van der Waals surface area contributed by atoms with E-state index in [1.807, 2.05) is 31.2 Å². The number of carbonyl (C=O) groups is 2. The molecular formula is C22H20FN3O2. The Labute approximate surface area is 162 Å². The first-order valence-electron chi connectivity index (χ1n) is 9.16. The summed E-state index contributed by atoms with van der Waals surface area (Å²) < 4.78 is 13.7. The molecule has 0 spiro atoms. The highest BCUT2D eigenvalue weighted by molar-refractivity contribution is 6.01. The first-order chi connectivity index (χ1) is 13.4. The van der Waals surface area contributed by atoms with Crippen LogP contribution in [0.15, 0.2) is 48.5 Å². The van der Waals surface area contributed by atoms with Crippen LogP contribution in [0.1, 0.15) is 33.2 Å². The fourth-order valence-corrected chi connectivity index (χ4v) is 3.66. The van der Waals surface area contributed by atoms with Crippen LogP contribution in [0.4, 0.5) is 4.39 Å². The minimum absolute atomic E-state index is 0.280. The average molecular weight is 377 g/mol. The van der Waals surface area contributed by atoms with Crippen LogP contribution in [0.25, 0.3) is 10.9 Å². The normalized spacial score (nSPS) is 16.9. The Morgan fingerprint density at radius 3 is 2.79 bits per heavy atom. The van der Waals surface area contributed by atoms with Crippen LogP contribution >= 0.6 is 0 Å². The van der Waals surface area contributed by atoms with E-state index in [9.17, 15) is 14.0 Å². The number of nitrogens with one attached hydrogen (secondary N) is 1. The lowest BCUT2D eigenvalue weighted by molar-refractivity contribution is -0.128. The maximum Gasteiger partial charge on any atom is 0.256 e. The molecule has 4 rings (SSSR count). The minimum atomic E-state index is -0.871. The van der Waals surface area contributed by atoms with Crippen LogP contribution in [-0.2, 0) is 4.79 Å². The Hall–Kier alpha value is -3.28. The number of fused-ring (bicyclic) bond motifs is 1. The summed E-state index contributed by atoms with van der Waals surface area (Å²) in [7, 11) is 0. The van der Waals surface area contributed by atoms with Gasteiger partial charge in [-0.25, -0.2) is 4.39 Å². The summed E-state index contributed by atoms with van der Waals surface area (Å²) in [4.78, 5) is 32.0. The summed E-state index contributed by atoms with van der Waals surface area (Å²) in [5, 5.41) is 3.64. The molecule has 0 radical (unpaired) electrons. The number of halogens is 1. The molecule has 2 amide bonds. The van der Waals surface area contributed by atoms with E-state index in [0.717, 1.165) is 16.5 Å². The van der Waals surface area contributed by atoms with Crippen LogP contribution < -0.4 is 5.32 Å². The number of hydrogen-bond donors (Lipinski definition) is 1. The number of rotatable bonds is 2. The minimum Gasteiger partial charge on any atom is -0.352 e. The second kappa shape index (κ2) is 7.03. The standard InChI is InChI=1S/C22H20FN3O2/c1-13-6-7-19-16(10-13)12-18(14(2)25-19)22(28)26-9-8-24-21(27)20(26)15-4-3-5-17(23)11-15/h3-7,10-12,20H,8-9H2,1-2H3,(H,24,27)/t20-/m1/s1. The fraction of sp³-hybridized carbons (Fsp3) is 0.227. The highest BCUT2D eigenvalue weighted by Crippen LogP contribution is 2.27. The summed E-state index contributed by atoms with van der Waals surface area (Å²) in [6.07, 6.45) is 0. The van der Waals surface area contributed by atoms with Crippen LogP contribution in [0.2, 0.25) is 0 Å². The number of carbonyl (C=O) groups excluding carboxylic acids is 2. The van der Waals surface area contributed by atoms with Crippen molar-refractivity contribution in [1.29, 1.82) is 0 Å². The number of nitrogens with zero attached hydrogens (tertiary/aromatic N) is 2. The van der Waals surface area contributed by atoms with Gasteiger partial charge < -0.3 is 10.2 Å². The molecule has 0 saturated carbocycles. The van der Waals surface area contributed by atoms with E-state index >= 15 is 0 Å². The molecule has 0 bridgehead atoms. The van der Waals surface area contributed by atoms with Crippen LogP contribution in [0.3, 0.4) is 0 Å². The van der Waals surface area contributed by atoms with Gasteiger partial charge in [-0.15, -0.1) is 0 Å². The number of amides is 2. The van der Waals surface area contributed by atoms with E-state index in [0.29, 0.717) is 29.9 Å². The Morgan fingerprint density at radius 2 is 2.00 bits per heavy atom. The summed E-state index contributed by atoms with van der Waals surface area (Å²) in [5.74, 6) is -1.03. The molecule has 1 N–H and O–H groups in total. The average Bonchev–Trinajstić information content (AvgIpc) is 2.67. The van der Waals surface area contributed by atoms with Gasteiger partial charge in [-0.1, -0.05) is 23.8 Å². The highest BCUT2D eigenvalue weighted by Gasteiger charge is 2.35. The van der Waals surface area contributed by atoms with Crippen molar-refractivity contribution in [1.82, 2.24) is 15.2 Å². The van der Waals surface area contributed by atoms with Gasteiger partial charge in [0.2, 0.25) is 5.91 Å². The number of benzene rings is 2. The van der Waals surface area contributed by atoms with Gasteiger partial charge in [0.05, 0.1) is 16.8 Å². The van der Waals surface area contributed by atoms with E-state index in [-0.39, 0.29) is 11.8 Å². The molecule has 6 heteroatoms. The molecule has 1 atom stereocenters. The second-order valence-corrected chi connectivity index (χ2v) is 7.06. The van der Waals surface area contributed by atoms with E-state index in [1.54, 1.807) is 19.1 Å². The zero-order valence-corrected chi connectivity index (χ0v) is 15.7. The molecule has 1 saturated heterocycles. The van der Waals surface area contributed by atoms with Gasteiger partial charge in [0.25, 0.3) is 5.91 Å². The lowest BCUT2D eigenvalue weighted by Crippen LogP contribution is -2.52. The van der Waals surface area contributed by atoms with Crippen LogP contribution in [-0.4, -0.2) is 34.8 Å². The lowest BCUT2D eigenvalue weighted by atomic mass is 10.00. The van der Waals surface area contributed by atoms with Gasteiger partial charge in [-0.2, -0.15) is 0 Å². The summed E-state index contributed by atoms with van der Waals surface area (Å²) in [5.41, 5.74) is 3.40. The smallest absolute Gasteiger partial charge is 0.256 e. The third-order valence-electron chi connectivity index (χ3n) is 5.03. The summed E-state index contributed by atoms with van der Waals surface area (Å²) >= 11 is 0. The van der Waals surface area contributed by atoms with Crippen molar-refractivity contribution in [3.05, 3.63) is 76.7 Å². The predicted octanol–water partition coefficient (Wildman–Crippen LogP) is 3.30. The molecule has 1 aromatic heterocycles. The Bertz CT molecular complexity index is 1100. The Morgan fingerprint density at radius 1 is 1.18 bits per heavy atom. The third kappa shape index (κ3) is 3.22. The largest absolute Gasteiger partial charge is 0.352 e. The maximum atomic E-state index is 13.7.